The molecule has 1 rings (SSSR count). The number of alkyl halides is 3. The molecule has 1 aromatic rings. The summed E-state index contributed by atoms with van der Waals surface area (Å²) in [6.45, 7) is 1.56. The summed E-state index contributed by atoms with van der Waals surface area (Å²) in [5.41, 5.74) is 4.89. The minimum absolute atomic E-state index is 0.0708. The lowest BCUT2D eigenvalue weighted by Gasteiger charge is -2.13. The van der Waals surface area contributed by atoms with Gasteiger partial charge in [0.15, 0.2) is 0 Å². The molecule has 15 heavy (non-hydrogen) atoms. The molecule has 0 amide bonds. The number of halogens is 3. The van der Waals surface area contributed by atoms with Gasteiger partial charge in [0, 0.05) is 6.54 Å². The van der Waals surface area contributed by atoms with Gasteiger partial charge in [0.05, 0.1) is 11.1 Å². The Hall–Kier alpha value is -1.54. The average Bonchev–Trinajstić information content (AvgIpc) is 2.15. The summed E-state index contributed by atoms with van der Waals surface area (Å²) in [4.78, 5) is 0. The van der Waals surface area contributed by atoms with Crippen LogP contribution in [0.4, 0.5) is 13.2 Å². The fraction of sp³-hybridized carbons (Fsp3) is 0.300. The smallest absolute Gasteiger partial charge is 0.326 e. The van der Waals surface area contributed by atoms with Crippen LogP contribution in [0.1, 0.15) is 22.3 Å². The summed E-state index contributed by atoms with van der Waals surface area (Å²) in [6, 6.07) is 3.80. The van der Waals surface area contributed by atoms with Crippen molar-refractivity contribution in [3.63, 3.8) is 0 Å². The lowest BCUT2D eigenvalue weighted by atomic mass is 9.97. The minimum Gasteiger partial charge on any atom is -0.326 e. The fourth-order valence-corrected chi connectivity index (χ4v) is 1.38. The summed E-state index contributed by atoms with van der Waals surface area (Å²) in [5.74, 6) is 0. The summed E-state index contributed by atoms with van der Waals surface area (Å²) < 4.78 is 37.5. The van der Waals surface area contributed by atoms with Crippen molar-refractivity contribution >= 4 is 0 Å². The van der Waals surface area contributed by atoms with Crippen molar-refractivity contribution < 1.29 is 13.2 Å². The Morgan fingerprint density at radius 2 is 2.00 bits per heavy atom. The zero-order chi connectivity index (χ0) is 11.6. The summed E-state index contributed by atoms with van der Waals surface area (Å²) >= 11 is 0. The summed E-state index contributed by atoms with van der Waals surface area (Å²) in [5, 5.41) is 8.71. The molecule has 0 heterocycles. The number of hydrogen-bond acceptors (Lipinski definition) is 2. The van der Waals surface area contributed by atoms with Gasteiger partial charge in [0.2, 0.25) is 0 Å². The monoisotopic (exact) mass is 214 g/mol. The Kier molecular flexibility index (Phi) is 3.01. The molecule has 0 aliphatic rings. The van der Waals surface area contributed by atoms with Crippen LogP contribution in [0.5, 0.6) is 0 Å². The minimum atomic E-state index is -4.51. The molecule has 0 atom stereocenters. The molecule has 0 spiro atoms. The highest BCUT2D eigenvalue weighted by atomic mass is 19.4. The normalized spacial score (nSPS) is 11.2. The number of nitrogens with zero attached hydrogens (tertiary/aromatic N) is 1. The molecule has 0 saturated heterocycles. The molecule has 0 radical (unpaired) electrons. The molecule has 0 bridgehead atoms. The first-order chi connectivity index (χ1) is 6.91. The number of nitrogens with two attached hydrogens (primary N) is 1. The number of hydrogen-bond donors (Lipinski definition) is 1. The Morgan fingerprint density at radius 3 is 2.40 bits per heavy atom. The van der Waals surface area contributed by atoms with E-state index in [1.807, 2.05) is 0 Å². The largest absolute Gasteiger partial charge is 0.417 e. The van der Waals surface area contributed by atoms with Gasteiger partial charge in [0.25, 0.3) is 0 Å². The summed E-state index contributed by atoms with van der Waals surface area (Å²) in [7, 11) is 0. The van der Waals surface area contributed by atoms with Crippen molar-refractivity contribution in [1.82, 2.24) is 0 Å². The second kappa shape index (κ2) is 3.91. The Bertz CT molecular complexity index is 416. The molecule has 1 aromatic carbocycles. The molecule has 5 heteroatoms. The molecule has 0 fully saturated rings. The maximum Gasteiger partial charge on any atom is 0.417 e. The van der Waals surface area contributed by atoms with E-state index in [1.54, 1.807) is 13.0 Å². The van der Waals surface area contributed by atoms with E-state index in [0.29, 0.717) is 5.56 Å². The first-order valence-electron chi connectivity index (χ1n) is 4.21. The van der Waals surface area contributed by atoms with Gasteiger partial charge >= 0.3 is 6.18 Å². The van der Waals surface area contributed by atoms with Crippen LogP contribution >= 0.6 is 0 Å². The summed E-state index contributed by atoms with van der Waals surface area (Å²) in [6.07, 6.45) is -4.51. The highest BCUT2D eigenvalue weighted by Crippen LogP contribution is 2.33. The van der Waals surface area contributed by atoms with E-state index in [0.717, 1.165) is 6.07 Å². The van der Waals surface area contributed by atoms with Crippen molar-refractivity contribution in [2.75, 3.05) is 0 Å². The van der Waals surface area contributed by atoms with Crippen molar-refractivity contribution in [2.45, 2.75) is 19.6 Å². The van der Waals surface area contributed by atoms with E-state index in [9.17, 15) is 13.2 Å². The first-order valence-corrected chi connectivity index (χ1v) is 4.21. The molecular weight excluding hydrogens is 205 g/mol. The van der Waals surface area contributed by atoms with Crippen molar-refractivity contribution in [3.05, 3.63) is 34.4 Å². The van der Waals surface area contributed by atoms with Crippen LogP contribution in [0.2, 0.25) is 0 Å². The molecule has 0 aliphatic heterocycles. The third-order valence-electron chi connectivity index (χ3n) is 2.17. The molecule has 0 saturated carbocycles. The molecule has 0 aliphatic carbocycles. The number of benzene rings is 1. The molecule has 80 valence electrons. The van der Waals surface area contributed by atoms with Crippen molar-refractivity contribution in [3.8, 4) is 6.07 Å². The van der Waals surface area contributed by atoms with Crippen LogP contribution in [-0.2, 0) is 12.7 Å². The number of rotatable bonds is 1. The maximum atomic E-state index is 12.5. The van der Waals surface area contributed by atoms with E-state index in [1.165, 1.54) is 6.07 Å². The van der Waals surface area contributed by atoms with Crippen LogP contribution < -0.4 is 5.73 Å². The van der Waals surface area contributed by atoms with E-state index in [4.69, 9.17) is 11.0 Å². The first kappa shape index (κ1) is 11.5. The average molecular weight is 214 g/mol. The molecule has 2 N–H and O–H groups in total. The molecule has 0 unspecified atom stereocenters. The van der Waals surface area contributed by atoms with Crippen LogP contribution in [0.15, 0.2) is 12.1 Å². The van der Waals surface area contributed by atoms with Crippen LogP contribution in [0.3, 0.4) is 0 Å². The second-order valence-electron chi connectivity index (χ2n) is 3.10. The SMILES string of the molecule is Cc1ccc(C(F)(F)F)c(C#N)c1CN. The van der Waals surface area contributed by atoms with Crippen molar-refractivity contribution in [2.24, 2.45) is 5.73 Å². The highest BCUT2D eigenvalue weighted by molar-refractivity contribution is 5.49. The van der Waals surface area contributed by atoms with Gasteiger partial charge in [-0.1, -0.05) is 6.07 Å². The number of nitriles is 1. The quantitative estimate of drug-likeness (QED) is 0.780. The third kappa shape index (κ3) is 2.10. The Balaban J connectivity index is 3.51. The van der Waals surface area contributed by atoms with Gasteiger partial charge in [-0.15, -0.1) is 0 Å². The van der Waals surface area contributed by atoms with Gasteiger partial charge in [0.1, 0.15) is 6.07 Å². The van der Waals surface area contributed by atoms with Crippen LogP contribution in [-0.4, -0.2) is 0 Å². The Morgan fingerprint density at radius 1 is 1.40 bits per heavy atom. The van der Waals surface area contributed by atoms with E-state index in [2.05, 4.69) is 0 Å². The van der Waals surface area contributed by atoms with E-state index in [-0.39, 0.29) is 17.7 Å². The maximum absolute atomic E-state index is 12.5. The van der Waals surface area contributed by atoms with E-state index >= 15 is 0 Å². The van der Waals surface area contributed by atoms with Crippen LogP contribution in [0.25, 0.3) is 0 Å². The lowest BCUT2D eigenvalue weighted by molar-refractivity contribution is -0.137. The van der Waals surface area contributed by atoms with Gasteiger partial charge in [-0.3, -0.25) is 0 Å². The van der Waals surface area contributed by atoms with Crippen molar-refractivity contribution in [1.29, 1.82) is 5.26 Å². The predicted octanol–water partition coefficient (Wildman–Crippen LogP) is 2.34. The highest BCUT2D eigenvalue weighted by Gasteiger charge is 2.34. The zero-order valence-electron chi connectivity index (χ0n) is 8.02. The topological polar surface area (TPSA) is 49.8 Å². The second-order valence-corrected chi connectivity index (χ2v) is 3.10. The predicted molar refractivity (Wildman–Crippen MR) is 48.8 cm³/mol. The van der Waals surface area contributed by atoms with Gasteiger partial charge in [-0.05, 0) is 24.1 Å². The lowest BCUT2D eigenvalue weighted by Crippen LogP contribution is -2.12. The third-order valence-corrected chi connectivity index (χ3v) is 2.17. The standard InChI is InChI=1S/C10H9F3N2/c1-6-2-3-9(10(11,12)13)8(5-15)7(6)4-14/h2-3H,4,14H2,1H3. The number of aryl methyl sites for hydroxylation is 1. The molecule has 2 nitrogen and oxygen atoms in total. The van der Waals surface area contributed by atoms with Crippen LogP contribution in [0, 0.1) is 18.3 Å². The Labute approximate surface area is 85.1 Å². The molecular formula is C10H9F3N2. The van der Waals surface area contributed by atoms with E-state index < -0.39 is 11.7 Å². The zero-order valence-corrected chi connectivity index (χ0v) is 8.02. The van der Waals surface area contributed by atoms with Gasteiger partial charge in [-0.25, -0.2) is 0 Å². The fourth-order valence-electron chi connectivity index (χ4n) is 1.38. The molecule has 0 aromatic heterocycles. The van der Waals surface area contributed by atoms with Gasteiger partial charge < -0.3 is 5.73 Å². The van der Waals surface area contributed by atoms with Gasteiger partial charge in [-0.2, -0.15) is 18.4 Å².